The molecule has 0 radical (unpaired) electrons. The van der Waals surface area contributed by atoms with E-state index in [9.17, 15) is 9.59 Å². The molecular formula is C18H23NO4. The van der Waals surface area contributed by atoms with Gasteiger partial charge in [-0.05, 0) is 51.5 Å². The number of aliphatic carboxylic acids is 1. The van der Waals surface area contributed by atoms with Gasteiger partial charge in [-0.2, -0.15) is 0 Å². The van der Waals surface area contributed by atoms with Gasteiger partial charge in [0.15, 0.2) is 0 Å². The van der Waals surface area contributed by atoms with Gasteiger partial charge in [-0.3, -0.25) is 4.79 Å². The zero-order chi connectivity index (χ0) is 17.2. The van der Waals surface area contributed by atoms with E-state index in [-0.39, 0.29) is 6.42 Å². The van der Waals surface area contributed by atoms with Gasteiger partial charge in [-0.25, -0.2) is 4.79 Å². The Kier molecular flexibility index (Phi) is 7.60. The average Bonchev–Trinajstić information content (AvgIpc) is 2.50. The van der Waals surface area contributed by atoms with E-state index in [0.29, 0.717) is 17.9 Å². The monoisotopic (exact) mass is 317 g/mol. The second-order valence-electron chi connectivity index (χ2n) is 5.29. The molecule has 1 aromatic rings. The standard InChI is InChI=1S/C18H23NO4/c1-4-5-9-16(18(21)22)19-17(20)14-7-6-8-15(12-14)23-11-10-13(2)3/h4-8,10,12,16H,9,11H2,1-3H3,(H,19,20)(H,21,22)/b5-4+. The molecule has 1 aromatic carbocycles. The normalized spacial score (nSPS) is 11.8. The number of hydrogen-bond donors (Lipinski definition) is 2. The quantitative estimate of drug-likeness (QED) is 0.722. The number of hydrogen-bond acceptors (Lipinski definition) is 3. The highest BCUT2D eigenvalue weighted by Crippen LogP contribution is 2.14. The molecule has 0 aromatic heterocycles. The summed E-state index contributed by atoms with van der Waals surface area (Å²) < 4.78 is 5.54. The summed E-state index contributed by atoms with van der Waals surface area (Å²) in [5.74, 6) is -0.933. The summed E-state index contributed by atoms with van der Waals surface area (Å²) in [7, 11) is 0. The molecule has 0 spiro atoms. The van der Waals surface area contributed by atoms with Crippen LogP contribution in [0.3, 0.4) is 0 Å². The third kappa shape index (κ3) is 6.82. The van der Waals surface area contributed by atoms with Crippen molar-refractivity contribution in [3.63, 3.8) is 0 Å². The molecule has 1 unspecified atom stereocenters. The third-order valence-corrected chi connectivity index (χ3v) is 3.05. The van der Waals surface area contributed by atoms with Crippen LogP contribution in [0.5, 0.6) is 5.75 Å². The summed E-state index contributed by atoms with van der Waals surface area (Å²) in [5.41, 5.74) is 1.51. The van der Waals surface area contributed by atoms with Crippen LogP contribution in [-0.4, -0.2) is 29.6 Å². The van der Waals surface area contributed by atoms with Crippen LogP contribution in [0.25, 0.3) is 0 Å². The Morgan fingerprint density at radius 1 is 1.35 bits per heavy atom. The first-order valence-electron chi connectivity index (χ1n) is 7.45. The predicted octanol–water partition coefficient (Wildman–Crippen LogP) is 3.18. The van der Waals surface area contributed by atoms with Crippen LogP contribution >= 0.6 is 0 Å². The minimum Gasteiger partial charge on any atom is -0.490 e. The SMILES string of the molecule is C/C=C/CC(NC(=O)c1cccc(OCC=C(C)C)c1)C(=O)O. The molecule has 5 heteroatoms. The van der Waals surface area contributed by atoms with Crippen molar-refractivity contribution in [1.29, 1.82) is 0 Å². The Balaban J connectivity index is 2.75. The summed E-state index contributed by atoms with van der Waals surface area (Å²) in [6.45, 7) is 6.18. The maximum Gasteiger partial charge on any atom is 0.326 e. The minimum atomic E-state index is -1.06. The molecule has 1 atom stereocenters. The average molecular weight is 317 g/mol. The second kappa shape index (κ2) is 9.46. The summed E-state index contributed by atoms with van der Waals surface area (Å²) in [6, 6.07) is 5.73. The van der Waals surface area contributed by atoms with Gasteiger partial charge < -0.3 is 15.2 Å². The van der Waals surface area contributed by atoms with Crippen molar-refractivity contribution in [2.45, 2.75) is 33.2 Å². The van der Waals surface area contributed by atoms with Crippen molar-refractivity contribution >= 4 is 11.9 Å². The first kappa shape index (κ1) is 18.5. The first-order valence-corrected chi connectivity index (χ1v) is 7.45. The van der Waals surface area contributed by atoms with E-state index in [2.05, 4.69) is 5.32 Å². The lowest BCUT2D eigenvalue weighted by molar-refractivity contribution is -0.139. The number of benzene rings is 1. The van der Waals surface area contributed by atoms with Gasteiger partial charge in [0.1, 0.15) is 18.4 Å². The van der Waals surface area contributed by atoms with Gasteiger partial charge >= 0.3 is 5.97 Å². The van der Waals surface area contributed by atoms with Gasteiger partial charge in [0.2, 0.25) is 0 Å². The highest BCUT2D eigenvalue weighted by atomic mass is 16.5. The van der Waals surface area contributed by atoms with Crippen molar-refractivity contribution in [2.75, 3.05) is 6.61 Å². The number of nitrogens with one attached hydrogen (secondary N) is 1. The summed E-state index contributed by atoms with van der Waals surface area (Å²) in [4.78, 5) is 23.4. The van der Waals surface area contributed by atoms with E-state index in [0.717, 1.165) is 5.57 Å². The molecular weight excluding hydrogens is 294 g/mol. The van der Waals surface area contributed by atoms with Gasteiger partial charge in [-0.1, -0.05) is 23.8 Å². The van der Waals surface area contributed by atoms with Crippen LogP contribution in [-0.2, 0) is 4.79 Å². The second-order valence-corrected chi connectivity index (χ2v) is 5.29. The molecule has 0 aliphatic carbocycles. The van der Waals surface area contributed by atoms with Crippen LogP contribution in [0.1, 0.15) is 37.6 Å². The maximum atomic E-state index is 12.2. The van der Waals surface area contributed by atoms with E-state index in [4.69, 9.17) is 9.84 Å². The van der Waals surface area contributed by atoms with Crippen LogP contribution in [0.2, 0.25) is 0 Å². The highest BCUT2D eigenvalue weighted by Gasteiger charge is 2.19. The van der Waals surface area contributed by atoms with Crippen molar-refractivity contribution in [3.8, 4) is 5.75 Å². The third-order valence-electron chi connectivity index (χ3n) is 3.05. The smallest absolute Gasteiger partial charge is 0.326 e. The zero-order valence-corrected chi connectivity index (χ0v) is 13.7. The Labute approximate surface area is 136 Å². The zero-order valence-electron chi connectivity index (χ0n) is 13.7. The number of allylic oxidation sites excluding steroid dienone is 2. The predicted molar refractivity (Wildman–Crippen MR) is 89.7 cm³/mol. The Bertz CT molecular complexity index is 601. The molecule has 0 aliphatic rings. The lowest BCUT2D eigenvalue weighted by Crippen LogP contribution is -2.40. The topological polar surface area (TPSA) is 75.6 Å². The van der Waals surface area contributed by atoms with Gasteiger partial charge in [0.25, 0.3) is 5.91 Å². The molecule has 2 N–H and O–H groups in total. The largest absolute Gasteiger partial charge is 0.490 e. The number of ether oxygens (including phenoxy) is 1. The number of carboxylic acids is 1. The van der Waals surface area contributed by atoms with Gasteiger partial charge in [-0.15, -0.1) is 0 Å². The number of amides is 1. The molecule has 0 heterocycles. The minimum absolute atomic E-state index is 0.244. The summed E-state index contributed by atoms with van der Waals surface area (Å²) in [6.07, 6.45) is 5.64. The van der Waals surface area contributed by atoms with Crippen molar-refractivity contribution < 1.29 is 19.4 Å². The fourth-order valence-corrected chi connectivity index (χ4v) is 1.77. The molecule has 124 valence electrons. The van der Waals surface area contributed by atoms with Gasteiger partial charge in [0, 0.05) is 5.56 Å². The fourth-order valence-electron chi connectivity index (χ4n) is 1.77. The van der Waals surface area contributed by atoms with E-state index < -0.39 is 17.9 Å². The van der Waals surface area contributed by atoms with Crippen molar-refractivity contribution in [2.24, 2.45) is 0 Å². The summed E-state index contributed by atoms with van der Waals surface area (Å²) in [5, 5.41) is 11.7. The molecule has 23 heavy (non-hydrogen) atoms. The summed E-state index contributed by atoms with van der Waals surface area (Å²) >= 11 is 0. The van der Waals surface area contributed by atoms with E-state index in [1.807, 2.05) is 19.9 Å². The lowest BCUT2D eigenvalue weighted by atomic mass is 10.1. The number of carbonyl (C=O) groups is 2. The molecule has 1 amide bonds. The van der Waals surface area contributed by atoms with Gasteiger partial charge in [0.05, 0.1) is 0 Å². The first-order chi connectivity index (χ1) is 10.9. The van der Waals surface area contributed by atoms with Crippen molar-refractivity contribution in [1.82, 2.24) is 5.32 Å². The fraction of sp³-hybridized carbons (Fsp3) is 0.333. The van der Waals surface area contributed by atoms with Crippen LogP contribution in [0.15, 0.2) is 48.1 Å². The lowest BCUT2D eigenvalue weighted by Gasteiger charge is -2.13. The van der Waals surface area contributed by atoms with Crippen LogP contribution in [0, 0.1) is 0 Å². The van der Waals surface area contributed by atoms with E-state index in [1.165, 1.54) is 0 Å². The van der Waals surface area contributed by atoms with E-state index in [1.54, 1.807) is 43.3 Å². The Morgan fingerprint density at radius 2 is 2.09 bits per heavy atom. The molecule has 1 rings (SSSR count). The Morgan fingerprint density at radius 3 is 2.70 bits per heavy atom. The number of carbonyl (C=O) groups excluding carboxylic acids is 1. The van der Waals surface area contributed by atoms with E-state index >= 15 is 0 Å². The molecule has 0 aliphatic heterocycles. The van der Waals surface area contributed by atoms with Crippen LogP contribution in [0.4, 0.5) is 0 Å². The molecule has 0 bridgehead atoms. The number of rotatable bonds is 8. The maximum absolute atomic E-state index is 12.2. The van der Waals surface area contributed by atoms with Crippen molar-refractivity contribution in [3.05, 3.63) is 53.6 Å². The van der Waals surface area contributed by atoms with Crippen LogP contribution < -0.4 is 10.1 Å². The molecule has 0 fully saturated rings. The Hall–Kier alpha value is -2.56. The number of carboxylic acid groups (broad SMARTS) is 1. The molecule has 0 saturated carbocycles. The molecule has 5 nitrogen and oxygen atoms in total. The highest BCUT2D eigenvalue weighted by molar-refractivity contribution is 5.96. The molecule has 0 saturated heterocycles.